The van der Waals surface area contributed by atoms with Crippen LogP contribution >= 0.6 is 0 Å². The summed E-state index contributed by atoms with van der Waals surface area (Å²) in [7, 11) is 0. The number of piperidine rings is 1. The van der Waals surface area contributed by atoms with E-state index in [4.69, 9.17) is 0 Å². The standard InChI is InChI=1S/C12H16NO/c14-12(10-4-2-1-3-5-10)11-6-8-13-9-7-11/h1-4,11-14H,6-9H2. The van der Waals surface area contributed by atoms with Gasteiger partial charge in [0.25, 0.3) is 0 Å². The minimum absolute atomic E-state index is 0.335. The quantitative estimate of drug-likeness (QED) is 0.741. The highest BCUT2D eigenvalue weighted by Gasteiger charge is 2.22. The fraction of sp³-hybridized carbons (Fsp3) is 0.500. The number of aliphatic hydroxyl groups is 1. The molecule has 1 fully saturated rings. The molecule has 1 aliphatic rings. The summed E-state index contributed by atoms with van der Waals surface area (Å²) in [6.07, 6.45) is 1.78. The maximum Gasteiger partial charge on any atom is 0.0825 e. The van der Waals surface area contributed by atoms with Crippen LogP contribution in [0.15, 0.2) is 24.3 Å². The molecule has 1 atom stereocenters. The maximum atomic E-state index is 10.1. The highest BCUT2D eigenvalue weighted by molar-refractivity contribution is 5.16. The van der Waals surface area contributed by atoms with Gasteiger partial charge in [-0.1, -0.05) is 24.3 Å². The number of nitrogens with one attached hydrogen (secondary N) is 1. The molecule has 1 saturated heterocycles. The van der Waals surface area contributed by atoms with E-state index in [1.807, 2.05) is 24.3 Å². The Kier molecular flexibility index (Phi) is 3.17. The van der Waals surface area contributed by atoms with Crippen LogP contribution in [-0.2, 0) is 0 Å². The zero-order valence-corrected chi connectivity index (χ0v) is 8.24. The normalized spacial score (nSPS) is 20.6. The van der Waals surface area contributed by atoms with Crippen LogP contribution < -0.4 is 5.32 Å². The Labute approximate surface area is 85.0 Å². The molecule has 0 spiro atoms. The Balaban J connectivity index is 2.03. The van der Waals surface area contributed by atoms with Gasteiger partial charge in [0.2, 0.25) is 0 Å². The lowest BCUT2D eigenvalue weighted by Gasteiger charge is -2.27. The van der Waals surface area contributed by atoms with E-state index in [-0.39, 0.29) is 6.10 Å². The molecular weight excluding hydrogens is 174 g/mol. The summed E-state index contributed by atoms with van der Waals surface area (Å²) >= 11 is 0. The van der Waals surface area contributed by atoms with Crippen molar-refractivity contribution in [3.8, 4) is 0 Å². The summed E-state index contributed by atoms with van der Waals surface area (Å²) < 4.78 is 0. The van der Waals surface area contributed by atoms with Crippen molar-refractivity contribution in [3.63, 3.8) is 0 Å². The van der Waals surface area contributed by atoms with Crippen molar-refractivity contribution in [2.24, 2.45) is 5.92 Å². The maximum absolute atomic E-state index is 10.1. The number of rotatable bonds is 2. The van der Waals surface area contributed by atoms with E-state index in [1.165, 1.54) is 0 Å². The van der Waals surface area contributed by atoms with Crippen molar-refractivity contribution in [2.45, 2.75) is 18.9 Å². The largest absolute Gasteiger partial charge is 0.388 e. The van der Waals surface area contributed by atoms with E-state index in [0.29, 0.717) is 5.92 Å². The second-order valence-corrected chi connectivity index (χ2v) is 3.85. The smallest absolute Gasteiger partial charge is 0.0825 e. The van der Waals surface area contributed by atoms with Crippen molar-refractivity contribution in [2.75, 3.05) is 13.1 Å². The van der Waals surface area contributed by atoms with Gasteiger partial charge < -0.3 is 10.4 Å². The summed E-state index contributed by atoms with van der Waals surface area (Å²) in [6.45, 7) is 2.04. The van der Waals surface area contributed by atoms with Crippen LogP contribution in [0, 0.1) is 12.0 Å². The SMILES string of the molecule is OC(c1[c]cccc1)C1CCNCC1. The minimum Gasteiger partial charge on any atom is -0.388 e. The Bertz CT molecular complexity index is 267. The molecule has 2 nitrogen and oxygen atoms in total. The molecule has 2 heteroatoms. The summed E-state index contributed by atoms with van der Waals surface area (Å²) in [5.74, 6) is 0.398. The molecule has 0 amide bonds. The van der Waals surface area contributed by atoms with E-state index >= 15 is 0 Å². The van der Waals surface area contributed by atoms with Gasteiger partial charge in [-0.05, 0) is 43.5 Å². The summed E-state index contributed by atoms with van der Waals surface area (Å²) in [5.41, 5.74) is 0.930. The van der Waals surface area contributed by atoms with Crippen LogP contribution in [0.5, 0.6) is 0 Å². The van der Waals surface area contributed by atoms with E-state index < -0.39 is 0 Å². The molecule has 75 valence electrons. The lowest BCUT2D eigenvalue weighted by molar-refractivity contribution is 0.0887. The highest BCUT2D eigenvalue weighted by Crippen LogP contribution is 2.27. The number of benzene rings is 1. The lowest BCUT2D eigenvalue weighted by Crippen LogP contribution is -2.30. The molecule has 1 aromatic carbocycles. The Morgan fingerprint density at radius 3 is 2.79 bits per heavy atom. The Morgan fingerprint density at radius 2 is 2.14 bits per heavy atom. The molecular formula is C12H16NO. The summed E-state index contributed by atoms with van der Waals surface area (Å²) in [5, 5.41) is 13.4. The first-order chi connectivity index (χ1) is 6.88. The number of aliphatic hydroxyl groups excluding tert-OH is 1. The molecule has 1 heterocycles. The van der Waals surface area contributed by atoms with Crippen molar-refractivity contribution >= 4 is 0 Å². The van der Waals surface area contributed by atoms with Gasteiger partial charge in [-0.3, -0.25) is 0 Å². The van der Waals surface area contributed by atoms with Crippen LogP contribution in [0.2, 0.25) is 0 Å². The first-order valence-electron chi connectivity index (χ1n) is 5.23. The van der Waals surface area contributed by atoms with Crippen molar-refractivity contribution in [1.29, 1.82) is 0 Å². The fourth-order valence-corrected chi connectivity index (χ4v) is 2.01. The first-order valence-corrected chi connectivity index (χ1v) is 5.23. The zero-order valence-electron chi connectivity index (χ0n) is 8.24. The molecule has 0 saturated carbocycles. The van der Waals surface area contributed by atoms with Crippen molar-refractivity contribution < 1.29 is 5.11 Å². The van der Waals surface area contributed by atoms with Gasteiger partial charge in [0.15, 0.2) is 0 Å². The molecule has 0 aliphatic carbocycles. The predicted octanol–water partition coefficient (Wildman–Crippen LogP) is 1.52. The van der Waals surface area contributed by atoms with Gasteiger partial charge in [0, 0.05) is 0 Å². The molecule has 0 bridgehead atoms. The van der Waals surface area contributed by atoms with Gasteiger partial charge in [0.05, 0.1) is 6.10 Å². The Morgan fingerprint density at radius 1 is 1.36 bits per heavy atom. The van der Waals surface area contributed by atoms with Gasteiger partial charge in [-0.25, -0.2) is 0 Å². The molecule has 1 radical (unpaired) electrons. The molecule has 14 heavy (non-hydrogen) atoms. The molecule has 1 unspecified atom stereocenters. The number of hydrogen-bond donors (Lipinski definition) is 2. The summed E-state index contributed by atoms with van der Waals surface area (Å²) in [6, 6.07) is 10.8. The molecule has 2 rings (SSSR count). The van der Waals surface area contributed by atoms with Gasteiger partial charge in [-0.15, -0.1) is 0 Å². The second kappa shape index (κ2) is 4.58. The van der Waals surface area contributed by atoms with Gasteiger partial charge in [-0.2, -0.15) is 0 Å². The average Bonchev–Trinajstić information content (AvgIpc) is 2.30. The van der Waals surface area contributed by atoms with E-state index in [0.717, 1.165) is 31.5 Å². The van der Waals surface area contributed by atoms with Crippen molar-refractivity contribution in [1.82, 2.24) is 5.32 Å². The molecule has 1 aromatic rings. The Hall–Kier alpha value is -0.860. The van der Waals surface area contributed by atoms with Gasteiger partial charge in [0.1, 0.15) is 0 Å². The van der Waals surface area contributed by atoms with Gasteiger partial charge >= 0.3 is 0 Å². The first kappa shape index (κ1) is 9.69. The third kappa shape index (κ3) is 2.14. The number of hydrogen-bond acceptors (Lipinski definition) is 2. The van der Waals surface area contributed by atoms with Crippen LogP contribution in [0.4, 0.5) is 0 Å². The average molecular weight is 190 g/mol. The predicted molar refractivity (Wildman–Crippen MR) is 55.8 cm³/mol. The summed E-state index contributed by atoms with van der Waals surface area (Å²) in [4.78, 5) is 0. The molecule has 2 N–H and O–H groups in total. The monoisotopic (exact) mass is 190 g/mol. The lowest BCUT2D eigenvalue weighted by atomic mass is 9.88. The zero-order chi connectivity index (χ0) is 9.80. The van der Waals surface area contributed by atoms with Crippen LogP contribution in [-0.4, -0.2) is 18.2 Å². The molecule has 0 aromatic heterocycles. The molecule has 1 aliphatic heterocycles. The minimum atomic E-state index is -0.335. The topological polar surface area (TPSA) is 32.3 Å². The van der Waals surface area contributed by atoms with Crippen LogP contribution in [0.3, 0.4) is 0 Å². The highest BCUT2D eigenvalue weighted by atomic mass is 16.3. The third-order valence-corrected chi connectivity index (χ3v) is 2.88. The second-order valence-electron chi connectivity index (χ2n) is 3.85. The van der Waals surface area contributed by atoms with E-state index in [9.17, 15) is 5.11 Å². The van der Waals surface area contributed by atoms with E-state index in [1.54, 1.807) is 0 Å². The van der Waals surface area contributed by atoms with Crippen molar-refractivity contribution in [3.05, 3.63) is 35.9 Å². The third-order valence-electron chi connectivity index (χ3n) is 2.88. The van der Waals surface area contributed by atoms with Crippen LogP contribution in [0.25, 0.3) is 0 Å². The van der Waals surface area contributed by atoms with E-state index in [2.05, 4.69) is 11.4 Å². The fourth-order valence-electron chi connectivity index (χ4n) is 2.01. The van der Waals surface area contributed by atoms with Crippen LogP contribution in [0.1, 0.15) is 24.5 Å².